The fourth-order valence-corrected chi connectivity index (χ4v) is 3.10. The number of esters is 1. The number of benzene rings is 2. The fraction of sp³-hybridized carbons (Fsp3) is 0.400. The molecule has 0 radical (unpaired) electrons. The number of carbonyl (C=O) groups is 2. The Labute approximate surface area is 214 Å². The molecular formula is C30H38O6. The molecule has 0 N–H and O–H groups in total. The quantitative estimate of drug-likeness (QED) is 0.0944. The molecule has 2 aromatic rings. The van der Waals surface area contributed by atoms with Crippen molar-refractivity contribution in [1.29, 1.82) is 0 Å². The molecule has 0 aromatic heterocycles. The van der Waals surface area contributed by atoms with Gasteiger partial charge in [-0.2, -0.15) is 0 Å². The van der Waals surface area contributed by atoms with Crippen molar-refractivity contribution >= 4 is 17.8 Å². The van der Waals surface area contributed by atoms with Crippen LogP contribution in [0.4, 0.5) is 0 Å². The van der Waals surface area contributed by atoms with Crippen LogP contribution < -0.4 is 14.2 Å². The molecule has 2 aromatic carbocycles. The third kappa shape index (κ3) is 8.91. The summed E-state index contributed by atoms with van der Waals surface area (Å²) in [7, 11) is 0. The van der Waals surface area contributed by atoms with Gasteiger partial charge in [-0.25, -0.2) is 0 Å². The van der Waals surface area contributed by atoms with Gasteiger partial charge in [0.15, 0.2) is 5.78 Å². The van der Waals surface area contributed by atoms with Crippen molar-refractivity contribution in [2.24, 2.45) is 5.41 Å². The minimum atomic E-state index is -0.595. The van der Waals surface area contributed by atoms with Crippen molar-refractivity contribution in [2.45, 2.75) is 53.9 Å². The average Bonchev–Trinajstić information content (AvgIpc) is 2.85. The van der Waals surface area contributed by atoms with Gasteiger partial charge in [0.1, 0.15) is 17.2 Å². The lowest BCUT2D eigenvalue weighted by molar-refractivity contribution is -0.159. The zero-order valence-electron chi connectivity index (χ0n) is 22.1. The summed E-state index contributed by atoms with van der Waals surface area (Å²) in [5, 5.41) is 0. The Balaban J connectivity index is 2.14. The molecule has 0 atom stereocenters. The van der Waals surface area contributed by atoms with Crippen molar-refractivity contribution in [3.8, 4) is 17.2 Å². The fourth-order valence-electron chi connectivity index (χ4n) is 3.10. The van der Waals surface area contributed by atoms with E-state index in [1.807, 2.05) is 25.1 Å². The minimum Gasteiger partial charge on any atom is -0.493 e. The molecule has 0 bridgehead atoms. The molecule has 6 nitrogen and oxygen atoms in total. The Bertz CT molecular complexity index is 1040. The first-order chi connectivity index (χ1) is 17.2. The highest BCUT2D eigenvalue weighted by Gasteiger charge is 2.23. The summed E-state index contributed by atoms with van der Waals surface area (Å²) in [6.07, 6.45) is 7.53. The van der Waals surface area contributed by atoms with E-state index in [9.17, 15) is 9.59 Å². The number of hydrogen-bond donors (Lipinski definition) is 0. The molecule has 0 spiro atoms. The van der Waals surface area contributed by atoms with Crippen molar-refractivity contribution in [3.05, 3.63) is 71.8 Å². The number of rotatable bonds is 14. The van der Waals surface area contributed by atoms with Gasteiger partial charge in [0.05, 0.1) is 18.6 Å². The monoisotopic (exact) mass is 494 g/mol. The van der Waals surface area contributed by atoms with E-state index >= 15 is 0 Å². The van der Waals surface area contributed by atoms with Crippen LogP contribution in [0, 0.1) is 5.41 Å². The predicted octanol–water partition coefficient (Wildman–Crippen LogP) is 6.81. The van der Waals surface area contributed by atoms with Gasteiger partial charge in [-0.05, 0) is 88.1 Å². The maximum Gasteiger partial charge on any atom is 0.314 e. The summed E-state index contributed by atoms with van der Waals surface area (Å²) in [5.74, 6) is 1.45. The molecule has 36 heavy (non-hydrogen) atoms. The Kier molecular flexibility index (Phi) is 11.3. The normalized spacial score (nSPS) is 11.2. The van der Waals surface area contributed by atoms with Gasteiger partial charge in [0.25, 0.3) is 0 Å². The standard InChI is InChI=1S/C30H38O6/c1-7-10-23-19-24(28(34-18-9-3)20-27(23)33-17-8-2)13-16-26(31)22-11-14-25(15-12-22)35-21-36-29(32)30(4,5)6/h7,11-16,19-20H,1,8-10,17-18,21H2,2-6H3/b16-13+. The second-order valence-electron chi connectivity index (χ2n) is 9.35. The van der Waals surface area contributed by atoms with Gasteiger partial charge in [-0.15, -0.1) is 6.58 Å². The smallest absolute Gasteiger partial charge is 0.314 e. The van der Waals surface area contributed by atoms with Gasteiger partial charge in [0, 0.05) is 17.2 Å². The highest BCUT2D eigenvalue weighted by atomic mass is 16.7. The zero-order valence-corrected chi connectivity index (χ0v) is 22.1. The third-order valence-corrected chi connectivity index (χ3v) is 5.06. The van der Waals surface area contributed by atoms with Crippen LogP contribution in [0.5, 0.6) is 17.2 Å². The molecule has 2 rings (SSSR count). The lowest BCUT2D eigenvalue weighted by Gasteiger charge is -2.16. The van der Waals surface area contributed by atoms with E-state index in [1.165, 1.54) is 6.08 Å². The van der Waals surface area contributed by atoms with Gasteiger partial charge in [-0.3, -0.25) is 9.59 Å². The van der Waals surface area contributed by atoms with Crippen molar-refractivity contribution < 1.29 is 28.5 Å². The molecule has 0 aliphatic rings. The van der Waals surface area contributed by atoms with E-state index in [-0.39, 0.29) is 18.5 Å². The largest absolute Gasteiger partial charge is 0.493 e. The number of hydrogen-bond acceptors (Lipinski definition) is 6. The average molecular weight is 495 g/mol. The Morgan fingerprint density at radius 3 is 2.14 bits per heavy atom. The van der Waals surface area contributed by atoms with Crippen LogP contribution in [0.1, 0.15) is 68.9 Å². The van der Waals surface area contributed by atoms with Crippen LogP contribution in [0.2, 0.25) is 0 Å². The van der Waals surface area contributed by atoms with E-state index in [0.29, 0.717) is 36.7 Å². The van der Waals surface area contributed by atoms with Gasteiger partial charge < -0.3 is 18.9 Å². The van der Waals surface area contributed by atoms with Crippen molar-refractivity contribution in [2.75, 3.05) is 20.0 Å². The van der Waals surface area contributed by atoms with Gasteiger partial charge in [0.2, 0.25) is 6.79 Å². The second kappa shape index (κ2) is 14.1. The number of carbonyl (C=O) groups excluding carboxylic acids is 2. The first-order valence-corrected chi connectivity index (χ1v) is 12.4. The third-order valence-electron chi connectivity index (χ3n) is 5.06. The first kappa shape index (κ1) is 28.7. The number of ketones is 1. The molecular weight excluding hydrogens is 456 g/mol. The van der Waals surface area contributed by atoms with Crippen molar-refractivity contribution in [1.82, 2.24) is 0 Å². The lowest BCUT2D eigenvalue weighted by Crippen LogP contribution is -2.24. The first-order valence-electron chi connectivity index (χ1n) is 12.4. The number of ether oxygens (including phenoxy) is 4. The molecule has 0 unspecified atom stereocenters. The molecule has 0 aliphatic carbocycles. The van der Waals surface area contributed by atoms with E-state index < -0.39 is 5.41 Å². The summed E-state index contributed by atoms with van der Waals surface area (Å²) >= 11 is 0. The van der Waals surface area contributed by atoms with Crippen LogP contribution in [0.15, 0.2) is 55.1 Å². The lowest BCUT2D eigenvalue weighted by atomic mass is 9.98. The van der Waals surface area contributed by atoms with Crippen LogP contribution in [-0.2, 0) is 16.0 Å². The second-order valence-corrected chi connectivity index (χ2v) is 9.35. The minimum absolute atomic E-state index is 0.154. The summed E-state index contributed by atoms with van der Waals surface area (Å²) in [6.45, 7) is 14.3. The molecule has 0 saturated heterocycles. The van der Waals surface area contributed by atoms with E-state index in [0.717, 1.165) is 29.7 Å². The number of allylic oxidation sites excluding steroid dienone is 2. The highest BCUT2D eigenvalue weighted by Crippen LogP contribution is 2.31. The topological polar surface area (TPSA) is 71.1 Å². The Morgan fingerprint density at radius 1 is 0.917 bits per heavy atom. The van der Waals surface area contributed by atoms with Crippen LogP contribution >= 0.6 is 0 Å². The molecule has 0 heterocycles. The summed E-state index contributed by atoms with van der Waals surface area (Å²) in [5.41, 5.74) is 1.71. The van der Waals surface area contributed by atoms with Crippen LogP contribution in [-0.4, -0.2) is 31.8 Å². The SMILES string of the molecule is C=CCc1cc(/C=C/C(=O)c2ccc(OCOC(=O)C(C)(C)C)cc2)c(OCCC)cc1OCCC. The summed E-state index contributed by atoms with van der Waals surface area (Å²) in [4.78, 5) is 24.6. The van der Waals surface area contributed by atoms with Crippen LogP contribution in [0.25, 0.3) is 6.08 Å². The molecule has 0 saturated carbocycles. The van der Waals surface area contributed by atoms with Crippen molar-refractivity contribution in [3.63, 3.8) is 0 Å². The summed E-state index contributed by atoms with van der Waals surface area (Å²) < 4.78 is 22.4. The Hall–Kier alpha value is -3.54. The van der Waals surface area contributed by atoms with E-state index in [4.69, 9.17) is 18.9 Å². The Morgan fingerprint density at radius 2 is 1.56 bits per heavy atom. The maximum absolute atomic E-state index is 12.8. The highest BCUT2D eigenvalue weighted by molar-refractivity contribution is 6.07. The molecule has 0 fully saturated rings. The molecule has 0 aliphatic heterocycles. The maximum atomic E-state index is 12.8. The predicted molar refractivity (Wildman–Crippen MR) is 143 cm³/mol. The molecule has 6 heteroatoms. The molecule has 194 valence electrons. The zero-order chi connectivity index (χ0) is 26.6. The van der Waals surface area contributed by atoms with E-state index in [2.05, 4.69) is 13.5 Å². The van der Waals surface area contributed by atoms with Crippen LogP contribution in [0.3, 0.4) is 0 Å². The van der Waals surface area contributed by atoms with Gasteiger partial charge in [-0.1, -0.05) is 19.9 Å². The van der Waals surface area contributed by atoms with E-state index in [1.54, 1.807) is 51.1 Å². The summed E-state index contributed by atoms with van der Waals surface area (Å²) in [6, 6.07) is 10.6. The van der Waals surface area contributed by atoms with Gasteiger partial charge >= 0.3 is 5.97 Å². The molecule has 0 amide bonds.